The van der Waals surface area contributed by atoms with Gasteiger partial charge in [0.2, 0.25) is 10.0 Å². The second-order valence-electron chi connectivity index (χ2n) is 4.27. The van der Waals surface area contributed by atoms with Crippen molar-refractivity contribution >= 4 is 45.6 Å². The van der Waals surface area contributed by atoms with E-state index in [9.17, 15) is 8.42 Å². The normalized spacial score (nSPS) is 19.2. The average molecular weight is 346 g/mol. The zero-order valence-corrected chi connectivity index (χ0v) is 13.2. The van der Waals surface area contributed by atoms with Crippen LogP contribution in [0.1, 0.15) is 12.0 Å². The summed E-state index contributed by atoms with van der Waals surface area (Å²) in [6.07, 6.45) is 0.801. The van der Waals surface area contributed by atoms with Crippen molar-refractivity contribution in [2.75, 3.05) is 13.1 Å². The summed E-state index contributed by atoms with van der Waals surface area (Å²) in [5.74, 6) is -0.192. The average Bonchev–Trinajstić information content (AvgIpc) is 2.75. The highest BCUT2D eigenvalue weighted by atomic mass is 35.5. The lowest BCUT2D eigenvalue weighted by Gasteiger charge is -2.13. The summed E-state index contributed by atoms with van der Waals surface area (Å²) in [7, 11) is -3.42. The fourth-order valence-corrected chi connectivity index (χ4v) is 4.08. The zero-order valence-electron chi connectivity index (χ0n) is 10.0. The number of halogens is 3. The van der Waals surface area contributed by atoms with Gasteiger partial charge in [-0.3, -0.25) is 0 Å². The molecule has 1 heterocycles. The molecule has 1 aliphatic rings. The van der Waals surface area contributed by atoms with Crippen LogP contribution in [0.4, 0.5) is 0 Å². The largest absolute Gasteiger partial charge is 0.315 e. The molecule has 0 spiro atoms. The van der Waals surface area contributed by atoms with E-state index < -0.39 is 10.0 Å². The fourth-order valence-electron chi connectivity index (χ4n) is 1.91. The summed E-state index contributed by atoms with van der Waals surface area (Å²) >= 11 is 11.9. The van der Waals surface area contributed by atoms with Gasteiger partial charge in [0.1, 0.15) is 0 Å². The Bertz CT molecular complexity index is 510. The second-order valence-corrected chi connectivity index (χ2v) is 6.84. The molecule has 1 atom stereocenters. The van der Waals surface area contributed by atoms with Crippen LogP contribution >= 0.6 is 35.6 Å². The first-order valence-electron chi connectivity index (χ1n) is 5.61. The minimum Gasteiger partial charge on any atom is -0.315 e. The molecule has 0 aromatic heterocycles. The first-order chi connectivity index (χ1) is 8.48. The summed E-state index contributed by atoms with van der Waals surface area (Å²) in [5.41, 5.74) is 0.444. The van der Waals surface area contributed by atoms with Crippen molar-refractivity contribution < 1.29 is 8.42 Å². The van der Waals surface area contributed by atoms with E-state index in [1.54, 1.807) is 18.2 Å². The molecule has 0 bridgehead atoms. The monoisotopic (exact) mass is 344 g/mol. The van der Waals surface area contributed by atoms with Crippen LogP contribution in [0, 0.1) is 0 Å². The molecule has 0 amide bonds. The molecular formula is C11H15Cl3N2O2S. The van der Waals surface area contributed by atoms with Gasteiger partial charge in [-0.2, -0.15) is 0 Å². The van der Waals surface area contributed by atoms with Gasteiger partial charge in [0.05, 0.1) is 5.75 Å². The van der Waals surface area contributed by atoms with Crippen molar-refractivity contribution in [1.29, 1.82) is 0 Å². The maximum Gasteiger partial charge on any atom is 0.216 e. The number of hydrogen-bond donors (Lipinski definition) is 2. The van der Waals surface area contributed by atoms with Crippen molar-refractivity contribution in [3.8, 4) is 0 Å². The van der Waals surface area contributed by atoms with Crippen LogP contribution in [0.3, 0.4) is 0 Å². The van der Waals surface area contributed by atoms with Crippen LogP contribution < -0.4 is 10.0 Å². The van der Waals surface area contributed by atoms with Gasteiger partial charge >= 0.3 is 0 Å². The van der Waals surface area contributed by atoms with Crippen LogP contribution in [0.2, 0.25) is 10.0 Å². The third-order valence-electron chi connectivity index (χ3n) is 2.80. The van der Waals surface area contributed by atoms with E-state index in [4.69, 9.17) is 23.2 Å². The maximum absolute atomic E-state index is 12.0. The Hall–Kier alpha value is -0.0400. The predicted octanol–water partition coefficient (Wildman–Crippen LogP) is 2.20. The highest BCUT2D eigenvalue weighted by Crippen LogP contribution is 2.26. The van der Waals surface area contributed by atoms with Gasteiger partial charge in [-0.1, -0.05) is 29.3 Å². The van der Waals surface area contributed by atoms with E-state index in [1.807, 2.05) is 0 Å². The maximum atomic E-state index is 12.0. The quantitative estimate of drug-likeness (QED) is 0.879. The summed E-state index contributed by atoms with van der Waals surface area (Å²) in [6, 6.07) is 4.91. The first kappa shape index (κ1) is 17.0. The van der Waals surface area contributed by atoms with Gasteiger partial charge < -0.3 is 5.32 Å². The Morgan fingerprint density at radius 2 is 1.95 bits per heavy atom. The Morgan fingerprint density at radius 1 is 1.32 bits per heavy atom. The number of rotatable bonds is 4. The molecule has 0 aliphatic carbocycles. The molecule has 1 aromatic rings. The lowest BCUT2D eigenvalue weighted by atomic mass is 10.2. The van der Waals surface area contributed by atoms with Gasteiger partial charge in [-0.25, -0.2) is 13.1 Å². The van der Waals surface area contributed by atoms with Gasteiger partial charge in [0.15, 0.2) is 0 Å². The molecular weight excluding hydrogens is 331 g/mol. The Morgan fingerprint density at radius 3 is 2.47 bits per heavy atom. The third-order valence-corrected chi connectivity index (χ3v) is 4.87. The summed E-state index contributed by atoms with van der Waals surface area (Å²) < 4.78 is 26.7. The summed E-state index contributed by atoms with van der Waals surface area (Å²) in [6.45, 7) is 1.50. The highest BCUT2D eigenvalue weighted by Gasteiger charge is 2.22. The molecule has 1 aliphatic heterocycles. The topological polar surface area (TPSA) is 58.2 Å². The Balaban J connectivity index is 0.00000180. The minimum atomic E-state index is -3.42. The molecule has 8 heteroatoms. The fraction of sp³-hybridized carbons (Fsp3) is 0.455. The Labute approximate surface area is 129 Å². The first-order valence-corrected chi connectivity index (χ1v) is 8.02. The molecule has 1 aromatic carbocycles. The van der Waals surface area contributed by atoms with E-state index in [0.717, 1.165) is 13.0 Å². The molecule has 0 saturated carbocycles. The van der Waals surface area contributed by atoms with E-state index in [0.29, 0.717) is 22.2 Å². The molecule has 2 rings (SSSR count). The van der Waals surface area contributed by atoms with Crippen molar-refractivity contribution in [2.45, 2.75) is 18.2 Å². The SMILES string of the molecule is Cl.O=S(=O)(Cc1c(Cl)cccc1Cl)NC1CCNC1. The molecule has 1 unspecified atom stereocenters. The zero-order chi connectivity index (χ0) is 13.2. The summed E-state index contributed by atoms with van der Waals surface area (Å²) in [4.78, 5) is 0. The van der Waals surface area contributed by atoms with Crippen molar-refractivity contribution in [1.82, 2.24) is 10.0 Å². The van der Waals surface area contributed by atoms with Gasteiger partial charge in [-0.15, -0.1) is 12.4 Å². The van der Waals surface area contributed by atoms with Crippen LogP contribution in [-0.2, 0) is 15.8 Å². The van der Waals surface area contributed by atoms with E-state index in [2.05, 4.69) is 10.0 Å². The Kier molecular flexibility index (Phi) is 6.36. The number of benzene rings is 1. The summed E-state index contributed by atoms with van der Waals surface area (Å²) in [5, 5.41) is 3.85. The van der Waals surface area contributed by atoms with Crippen molar-refractivity contribution in [3.05, 3.63) is 33.8 Å². The van der Waals surface area contributed by atoms with Crippen molar-refractivity contribution in [2.24, 2.45) is 0 Å². The van der Waals surface area contributed by atoms with Gasteiger partial charge in [-0.05, 0) is 25.1 Å². The molecule has 1 saturated heterocycles. The molecule has 0 radical (unpaired) electrons. The lowest BCUT2D eigenvalue weighted by Crippen LogP contribution is -2.37. The molecule has 1 fully saturated rings. The molecule has 4 nitrogen and oxygen atoms in total. The van der Waals surface area contributed by atoms with E-state index in [1.165, 1.54) is 0 Å². The van der Waals surface area contributed by atoms with Crippen LogP contribution in [0.5, 0.6) is 0 Å². The lowest BCUT2D eigenvalue weighted by molar-refractivity contribution is 0.559. The van der Waals surface area contributed by atoms with Crippen molar-refractivity contribution in [3.63, 3.8) is 0 Å². The third kappa shape index (κ3) is 4.77. The predicted molar refractivity (Wildman–Crippen MR) is 80.7 cm³/mol. The number of nitrogens with one attached hydrogen (secondary N) is 2. The van der Waals surface area contributed by atoms with Gasteiger partial charge in [0.25, 0.3) is 0 Å². The van der Waals surface area contributed by atoms with E-state index in [-0.39, 0.29) is 24.2 Å². The standard InChI is InChI=1S/C11H14Cl2N2O2S.ClH/c12-10-2-1-3-11(13)9(10)7-18(16,17)15-8-4-5-14-6-8;/h1-3,8,14-15H,4-7H2;1H. The second kappa shape index (κ2) is 7.11. The molecule has 19 heavy (non-hydrogen) atoms. The van der Waals surface area contributed by atoms with Crippen LogP contribution in [0.15, 0.2) is 18.2 Å². The highest BCUT2D eigenvalue weighted by molar-refractivity contribution is 7.88. The molecule has 108 valence electrons. The van der Waals surface area contributed by atoms with E-state index >= 15 is 0 Å². The number of hydrogen-bond acceptors (Lipinski definition) is 3. The van der Waals surface area contributed by atoms with Crippen LogP contribution in [0.25, 0.3) is 0 Å². The van der Waals surface area contributed by atoms with Gasteiger partial charge in [0, 0.05) is 28.2 Å². The van der Waals surface area contributed by atoms with Crippen LogP contribution in [-0.4, -0.2) is 27.5 Å². The minimum absolute atomic E-state index is 0. The smallest absolute Gasteiger partial charge is 0.216 e. The molecule has 2 N–H and O–H groups in total. The number of sulfonamides is 1.